The standard InChI is InChI=1S/C12H19N3O3/c1-14-10(6-11(16)15(2)12(14)17)7-13-9-4-3-5-18-8-9/h6,9,13H,3-5,7-8H2,1-2H3. The maximum Gasteiger partial charge on any atom is 0.330 e. The fourth-order valence-electron chi connectivity index (χ4n) is 2.10. The third-order valence-corrected chi connectivity index (χ3v) is 3.36. The Kier molecular flexibility index (Phi) is 3.98. The molecule has 6 heteroatoms. The lowest BCUT2D eigenvalue weighted by Gasteiger charge is -2.23. The highest BCUT2D eigenvalue weighted by Gasteiger charge is 2.14. The summed E-state index contributed by atoms with van der Waals surface area (Å²) in [5.74, 6) is 0. The minimum atomic E-state index is -0.292. The first-order valence-corrected chi connectivity index (χ1v) is 6.16. The smallest absolute Gasteiger partial charge is 0.330 e. The molecule has 0 spiro atoms. The first kappa shape index (κ1) is 13.0. The molecule has 18 heavy (non-hydrogen) atoms. The van der Waals surface area contributed by atoms with Gasteiger partial charge in [0, 0.05) is 45.0 Å². The third-order valence-electron chi connectivity index (χ3n) is 3.36. The van der Waals surface area contributed by atoms with Crippen LogP contribution in [0.1, 0.15) is 18.5 Å². The van der Waals surface area contributed by atoms with Crippen molar-refractivity contribution in [2.45, 2.75) is 25.4 Å². The monoisotopic (exact) mass is 253 g/mol. The Morgan fingerprint density at radius 1 is 1.39 bits per heavy atom. The SMILES string of the molecule is Cn1c(CNC2CCCOC2)cc(=O)n(C)c1=O. The van der Waals surface area contributed by atoms with Gasteiger partial charge in [0.15, 0.2) is 0 Å². The van der Waals surface area contributed by atoms with E-state index >= 15 is 0 Å². The van der Waals surface area contributed by atoms with E-state index in [9.17, 15) is 9.59 Å². The largest absolute Gasteiger partial charge is 0.380 e. The van der Waals surface area contributed by atoms with Gasteiger partial charge in [-0.1, -0.05) is 0 Å². The molecule has 0 aliphatic carbocycles. The summed E-state index contributed by atoms with van der Waals surface area (Å²) in [6, 6.07) is 1.80. The van der Waals surface area contributed by atoms with E-state index in [1.807, 2.05) is 0 Å². The van der Waals surface area contributed by atoms with Crippen molar-refractivity contribution in [2.24, 2.45) is 14.1 Å². The zero-order valence-corrected chi connectivity index (χ0v) is 10.8. The maximum absolute atomic E-state index is 11.7. The predicted molar refractivity (Wildman–Crippen MR) is 67.6 cm³/mol. The van der Waals surface area contributed by atoms with E-state index in [4.69, 9.17) is 4.74 Å². The zero-order chi connectivity index (χ0) is 13.1. The topological polar surface area (TPSA) is 65.3 Å². The van der Waals surface area contributed by atoms with E-state index < -0.39 is 0 Å². The van der Waals surface area contributed by atoms with Gasteiger partial charge in [0.2, 0.25) is 0 Å². The van der Waals surface area contributed by atoms with Gasteiger partial charge in [0.25, 0.3) is 5.56 Å². The molecule has 1 saturated heterocycles. The first-order valence-electron chi connectivity index (χ1n) is 6.16. The summed E-state index contributed by atoms with van der Waals surface area (Å²) in [5, 5.41) is 3.32. The molecule has 1 unspecified atom stereocenters. The molecule has 1 aromatic rings. The minimum Gasteiger partial charge on any atom is -0.380 e. The van der Waals surface area contributed by atoms with Crippen molar-refractivity contribution in [1.82, 2.24) is 14.5 Å². The molecular weight excluding hydrogens is 234 g/mol. The molecule has 0 radical (unpaired) electrons. The Morgan fingerprint density at radius 3 is 2.83 bits per heavy atom. The van der Waals surface area contributed by atoms with Gasteiger partial charge in [-0.15, -0.1) is 0 Å². The second-order valence-electron chi connectivity index (χ2n) is 4.67. The van der Waals surface area contributed by atoms with Gasteiger partial charge in [-0.2, -0.15) is 0 Å². The normalized spacial score (nSPS) is 20.0. The van der Waals surface area contributed by atoms with Crippen molar-refractivity contribution in [2.75, 3.05) is 13.2 Å². The van der Waals surface area contributed by atoms with Crippen molar-refractivity contribution in [3.8, 4) is 0 Å². The van der Waals surface area contributed by atoms with E-state index in [1.54, 1.807) is 7.05 Å². The van der Waals surface area contributed by atoms with Crippen molar-refractivity contribution in [3.63, 3.8) is 0 Å². The van der Waals surface area contributed by atoms with E-state index in [0.717, 1.165) is 24.0 Å². The molecule has 0 bridgehead atoms. The molecule has 2 heterocycles. The fraction of sp³-hybridized carbons (Fsp3) is 0.667. The molecule has 100 valence electrons. The van der Waals surface area contributed by atoms with Gasteiger partial charge >= 0.3 is 5.69 Å². The molecule has 0 amide bonds. The molecule has 1 aromatic heterocycles. The van der Waals surface area contributed by atoms with Crippen LogP contribution in [0.3, 0.4) is 0 Å². The van der Waals surface area contributed by atoms with Crippen LogP contribution in [-0.4, -0.2) is 28.4 Å². The third kappa shape index (κ3) is 2.70. The second-order valence-corrected chi connectivity index (χ2v) is 4.67. The van der Waals surface area contributed by atoms with Gasteiger partial charge in [-0.3, -0.25) is 13.9 Å². The van der Waals surface area contributed by atoms with Crippen LogP contribution in [0.25, 0.3) is 0 Å². The van der Waals surface area contributed by atoms with Gasteiger partial charge in [0.05, 0.1) is 6.61 Å². The molecule has 1 aliphatic rings. The Balaban J connectivity index is 2.10. The quantitative estimate of drug-likeness (QED) is 0.777. The summed E-state index contributed by atoms with van der Waals surface area (Å²) >= 11 is 0. The number of hydrogen-bond donors (Lipinski definition) is 1. The summed E-state index contributed by atoms with van der Waals surface area (Å²) in [6.07, 6.45) is 2.12. The van der Waals surface area contributed by atoms with Crippen LogP contribution in [0.2, 0.25) is 0 Å². The van der Waals surface area contributed by atoms with Gasteiger partial charge < -0.3 is 10.1 Å². The molecule has 1 atom stereocenters. The summed E-state index contributed by atoms with van der Waals surface area (Å²) < 4.78 is 7.97. The van der Waals surface area contributed by atoms with Crippen LogP contribution in [0.5, 0.6) is 0 Å². The highest BCUT2D eigenvalue weighted by atomic mass is 16.5. The van der Waals surface area contributed by atoms with Crippen molar-refractivity contribution in [1.29, 1.82) is 0 Å². The highest BCUT2D eigenvalue weighted by molar-refractivity contribution is 5.02. The lowest BCUT2D eigenvalue weighted by atomic mass is 10.1. The Labute approximate surface area is 105 Å². The van der Waals surface area contributed by atoms with Crippen LogP contribution in [0, 0.1) is 0 Å². The average Bonchev–Trinajstić information content (AvgIpc) is 2.40. The predicted octanol–water partition coefficient (Wildman–Crippen LogP) is -0.647. The number of ether oxygens (including phenoxy) is 1. The van der Waals surface area contributed by atoms with Crippen LogP contribution in [-0.2, 0) is 25.4 Å². The number of aromatic nitrogens is 2. The molecule has 0 aromatic carbocycles. The van der Waals surface area contributed by atoms with E-state index in [-0.39, 0.29) is 11.2 Å². The number of nitrogens with zero attached hydrogens (tertiary/aromatic N) is 2. The van der Waals surface area contributed by atoms with E-state index in [2.05, 4.69) is 5.32 Å². The molecule has 0 saturated carbocycles. The van der Waals surface area contributed by atoms with Crippen LogP contribution in [0.4, 0.5) is 0 Å². The minimum absolute atomic E-state index is 0.269. The van der Waals surface area contributed by atoms with Crippen molar-refractivity contribution >= 4 is 0 Å². The Hall–Kier alpha value is -1.40. The maximum atomic E-state index is 11.7. The Bertz CT molecular complexity index is 526. The zero-order valence-electron chi connectivity index (χ0n) is 10.8. The summed E-state index contributed by atoms with van der Waals surface area (Å²) in [7, 11) is 3.16. The summed E-state index contributed by atoms with van der Waals surface area (Å²) in [5.41, 5.74) is 0.141. The lowest BCUT2D eigenvalue weighted by Crippen LogP contribution is -2.41. The van der Waals surface area contributed by atoms with Crippen LogP contribution in [0.15, 0.2) is 15.7 Å². The Morgan fingerprint density at radius 2 is 2.17 bits per heavy atom. The van der Waals surface area contributed by atoms with Gasteiger partial charge in [-0.25, -0.2) is 4.79 Å². The molecule has 1 aliphatic heterocycles. The average molecular weight is 253 g/mol. The first-order chi connectivity index (χ1) is 8.59. The van der Waals surface area contributed by atoms with Crippen molar-refractivity contribution < 1.29 is 4.74 Å². The van der Waals surface area contributed by atoms with Crippen molar-refractivity contribution in [3.05, 3.63) is 32.6 Å². The molecule has 1 N–H and O–H groups in total. The molecule has 2 rings (SSSR count). The van der Waals surface area contributed by atoms with E-state index in [0.29, 0.717) is 24.9 Å². The van der Waals surface area contributed by atoms with Gasteiger partial charge in [-0.05, 0) is 12.8 Å². The number of rotatable bonds is 3. The van der Waals surface area contributed by atoms with Crippen LogP contribution < -0.4 is 16.6 Å². The molecule has 1 fully saturated rings. The van der Waals surface area contributed by atoms with Gasteiger partial charge in [0.1, 0.15) is 0 Å². The summed E-state index contributed by atoms with van der Waals surface area (Å²) in [4.78, 5) is 23.3. The highest BCUT2D eigenvalue weighted by Crippen LogP contribution is 2.06. The molecule has 6 nitrogen and oxygen atoms in total. The number of hydrogen-bond acceptors (Lipinski definition) is 4. The van der Waals surface area contributed by atoms with Crippen LogP contribution >= 0.6 is 0 Å². The van der Waals surface area contributed by atoms with E-state index in [1.165, 1.54) is 17.7 Å². The molecular formula is C12H19N3O3. The fourth-order valence-corrected chi connectivity index (χ4v) is 2.10. The summed E-state index contributed by atoms with van der Waals surface area (Å²) in [6.45, 7) is 2.02. The lowest BCUT2D eigenvalue weighted by molar-refractivity contribution is 0.0697. The second kappa shape index (κ2) is 5.49. The number of nitrogens with one attached hydrogen (secondary N) is 1.